The summed E-state index contributed by atoms with van der Waals surface area (Å²) in [4.78, 5) is 12.6. The third kappa shape index (κ3) is 3.79. The largest absolute Gasteiger partial charge is 0.345 e. The second-order valence-corrected chi connectivity index (χ2v) is 6.69. The summed E-state index contributed by atoms with van der Waals surface area (Å²) >= 11 is 3.40. The van der Waals surface area contributed by atoms with Gasteiger partial charge in [0.05, 0.1) is 29.2 Å². The van der Waals surface area contributed by atoms with E-state index in [0.29, 0.717) is 5.56 Å². The maximum absolute atomic E-state index is 13.0. The number of rotatable bonds is 4. The standard InChI is InChI=1S/C19H17BrFN3O/c1-12(14-3-7-16(21)8-4-14)23-19(25)18-11-22-24(13(18)2)17-9-5-15(20)6-10-17/h3-12H,1-2H3,(H,23,25). The molecule has 128 valence electrons. The van der Waals surface area contributed by atoms with E-state index in [9.17, 15) is 9.18 Å². The van der Waals surface area contributed by atoms with E-state index < -0.39 is 0 Å². The molecule has 0 saturated carbocycles. The molecule has 3 rings (SSSR count). The average Bonchev–Trinajstić information content (AvgIpc) is 2.98. The first kappa shape index (κ1) is 17.4. The van der Waals surface area contributed by atoms with Crippen molar-refractivity contribution in [3.63, 3.8) is 0 Å². The Morgan fingerprint density at radius 1 is 1.16 bits per heavy atom. The van der Waals surface area contributed by atoms with Crippen molar-refractivity contribution in [3.05, 3.63) is 81.8 Å². The van der Waals surface area contributed by atoms with Gasteiger partial charge in [-0.1, -0.05) is 28.1 Å². The highest BCUT2D eigenvalue weighted by atomic mass is 79.9. The molecular formula is C19H17BrFN3O. The SMILES string of the molecule is Cc1c(C(=O)NC(C)c2ccc(F)cc2)cnn1-c1ccc(Br)cc1. The Hall–Kier alpha value is -2.47. The van der Waals surface area contributed by atoms with Gasteiger partial charge in [0.1, 0.15) is 5.82 Å². The van der Waals surface area contributed by atoms with Gasteiger partial charge in [-0.2, -0.15) is 5.10 Å². The normalized spacial score (nSPS) is 12.0. The van der Waals surface area contributed by atoms with Gasteiger partial charge in [0.25, 0.3) is 5.91 Å². The Bertz CT molecular complexity index is 888. The Kier molecular flexibility index (Phi) is 4.99. The van der Waals surface area contributed by atoms with Crippen LogP contribution in [-0.4, -0.2) is 15.7 Å². The van der Waals surface area contributed by atoms with Gasteiger partial charge in [-0.15, -0.1) is 0 Å². The Morgan fingerprint density at radius 3 is 2.44 bits per heavy atom. The second-order valence-electron chi connectivity index (χ2n) is 5.78. The molecule has 0 aliphatic rings. The lowest BCUT2D eigenvalue weighted by Gasteiger charge is -2.14. The Labute approximate surface area is 153 Å². The quantitative estimate of drug-likeness (QED) is 0.695. The maximum Gasteiger partial charge on any atom is 0.255 e. The van der Waals surface area contributed by atoms with Crippen molar-refractivity contribution in [2.24, 2.45) is 0 Å². The molecule has 1 heterocycles. The number of nitrogens with one attached hydrogen (secondary N) is 1. The van der Waals surface area contributed by atoms with Gasteiger partial charge in [-0.05, 0) is 55.8 Å². The van der Waals surface area contributed by atoms with Crippen LogP contribution in [-0.2, 0) is 0 Å². The number of amides is 1. The zero-order chi connectivity index (χ0) is 18.0. The lowest BCUT2D eigenvalue weighted by molar-refractivity contribution is 0.0939. The van der Waals surface area contributed by atoms with Crippen molar-refractivity contribution < 1.29 is 9.18 Å². The maximum atomic E-state index is 13.0. The molecule has 1 amide bonds. The molecular weight excluding hydrogens is 385 g/mol. The van der Waals surface area contributed by atoms with Crippen LogP contribution < -0.4 is 5.32 Å². The molecule has 0 spiro atoms. The highest BCUT2D eigenvalue weighted by Gasteiger charge is 2.17. The van der Waals surface area contributed by atoms with E-state index in [0.717, 1.165) is 21.4 Å². The van der Waals surface area contributed by atoms with Gasteiger partial charge in [0.15, 0.2) is 0 Å². The van der Waals surface area contributed by atoms with Gasteiger partial charge in [0.2, 0.25) is 0 Å². The summed E-state index contributed by atoms with van der Waals surface area (Å²) in [6, 6.07) is 13.6. The van der Waals surface area contributed by atoms with Crippen molar-refractivity contribution in [1.82, 2.24) is 15.1 Å². The summed E-state index contributed by atoms with van der Waals surface area (Å²) in [6.45, 7) is 3.71. The van der Waals surface area contributed by atoms with E-state index in [-0.39, 0.29) is 17.8 Å². The van der Waals surface area contributed by atoms with Crippen LogP contribution in [0.15, 0.2) is 59.2 Å². The number of carbonyl (C=O) groups is 1. The van der Waals surface area contributed by atoms with E-state index in [1.807, 2.05) is 38.1 Å². The van der Waals surface area contributed by atoms with Gasteiger partial charge in [0, 0.05) is 4.47 Å². The van der Waals surface area contributed by atoms with Crippen molar-refractivity contribution >= 4 is 21.8 Å². The summed E-state index contributed by atoms with van der Waals surface area (Å²) in [7, 11) is 0. The minimum absolute atomic E-state index is 0.210. The Morgan fingerprint density at radius 2 is 1.80 bits per heavy atom. The van der Waals surface area contributed by atoms with Crippen LogP contribution in [0.3, 0.4) is 0 Å². The number of nitrogens with zero attached hydrogens (tertiary/aromatic N) is 2. The minimum Gasteiger partial charge on any atom is -0.345 e. The molecule has 3 aromatic rings. The number of hydrogen-bond acceptors (Lipinski definition) is 2. The van der Waals surface area contributed by atoms with Crippen molar-refractivity contribution in [2.75, 3.05) is 0 Å². The van der Waals surface area contributed by atoms with Crippen LogP contribution in [0.4, 0.5) is 4.39 Å². The fraction of sp³-hybridized carbons (Fsp3) is 0.158. The molecule has 25 heavy (non-hydrogen) atoms. The third-order valence-electron chi connectivity index (χ3n) is 4.04. The second kappa shape index (κ2) is 7.19. The first-order chi connectivity index (χ1) is 12.0. The molecule has 0 saturated heterocycles. The highest BCUT2D eigenvalue weighted by molar-refractivity contribution is 9.10. The first-order valence-electron chi connectivity index (χ1n) is 7.82. The topological polar surface area (TPSA) is 46.9 Å². The zero-order valence-electron chi connectivity index (χ0n) is 13.8. The summed E-state index contributed by atoms with van der Waals surface area (Å²) in [5, 5.41) is 7.24. The summed E-state index contributed by atoms with van der Waals surface area (Å²) in [6.07, 6.45) is 1.56. The summed E-state index contributed by atoms with van der Waals surface area (Å²) in [5.41, 5.74) is 2.99. The molecule has 1 unspecified atom stereocenters. The molecule has 0 fully saturated rings. The van der Waals surface area contributed by atoms with Gasteiger partial charge < -0.3 is 5.32 Å². The molecule has 0 bridgehead atoms. The molecule has 1 N–H and O–H groups in total. The van der Waals surface area contributed by atoms with E-state index in [1.54, 1.807) is 23.0 Å². The molecule has 4 nitrogen and oxygen atoms in total. The third-order valence-corrected chi connectivity index (χ3v) is 4.57. The van der Waals surface area contributed by atoms with Crippen LogP contribution in [0.2, 0.25) is 0 Å². The van der Waals surface area contributed by atoms with Gasteiger partial charge in [-0.25, -0.2) is 9.07 Å². The van der Waals surface area contributed by atoms with Crippen molar-refractivity contribution in [2.45, 2.75) is 19.9 Å². The van der Waals surface area contributed by atoms with E-state index in [4.69, 9.17) is 0 Å². The minimum atomic E-state index is -0.297. The van der Waals surface area contributed by atoms with Gasteiger partial charge in [-0.3, -0.25) is 4.79 Å². The summed E-state index contributed by atoms with van der Waals surface area (Å²) < 4.78 is 15.7. The van der Waals surface area contributed by atoms with Crippen LogP contribution in [0, 0.1) is 12.7 Å². The summed E-state index contributed by atoms with van der Waals surface area (Å²) in [5.74, 6) is -0.508. The molecule has 2 aromatic carbocycles. The number of carbonyl (C=O) groups excluding carboxylic acids is 1. The molecule has 1 aromatic heterocycles. The van der Waals surface area contributed by atoms with Crippen LogP contribution >= 0.6 is 15.9 Å². The van der Waals surface area contributed by atoms with E-state index in [1.165, 1.54) is 12.1 Å². The van der Waals surface area contributed by atoms with Crippen LogP contribution in [0.1, 0.15) is 34.6 Å². The Balaban J connectivity index is 1.79. The molecule has 0 aliphatic carbocycles. The first-order valence-corrected chi connectivity index (χ1v) is 8.62. The zero-order valence-corrected chi connectivity index (χ0v) is 15.4. The molecule has 6 heteroatoms. The predicted molar refractivity (Wildman–Crippen MR) is 98.3 cm³/mol. The fourth-order valence-corrected chi connectivity index (χ4v) is 2.85. The van der Waals surface area contributed by atoms with E-state index >= 15 is 0 Å². The fourth-order valence-electron chi connectivity index (χ4n) is 2.58. The van der Waals surface area contributed by atoms with Gasteiger partial charge >= 0.3 is 0 Å². The van der Waals surface area contributed by atoms with Crippen LogP contribution in [0.25, 0.3) is 5.69 Å². The number of aromatic nitrogens is 2. The predicted octanol–water partition coefficient (Wildman–Crippen LogP) is 4.57. The average molecular weight is 402 g/mol. The highest BCUT2D eigenvalue weighted by Crippen LogP contribution is 2.19. The number of benzene rings is 2. The van der Waals surface area contributed by atoms with Crippen molar-refractivity contribution in [3.8, 4) is 5.69 Å². The van der Waals surface area contributed by atoms with E-state index in [2.05, 4.69) is 26.3 Å². The smallest absolute Gasteiger partial charge is 0.255 e. The monoisotopic (exact) mass is 401 g/mol. The number of hydrogen-bond donors (Lipinski definition) is 1. The van der Waals surface area contributed by atoms with Crippen molar-refractivity contribution in [1.29, 1.82) is 0 Å². The lowest BCUT2D eigenvalue weighted by atomic mass is 10.1. The molecule has 0 aliphatic heterocycles. The molecule has 0 radical (unpaired) electrons. The lowest BCUT2D eigenvalue weighted by Crippen LogP contribution is -2.27. The van der Waals surface area contributed by atoms with Crippen LogP contribution in [0.5, 0.6) is 0 Å². The molecule has 1 atom stereocenters. The number of halogens is 2.